The summed E-state index contributed by atoms with van der Waals surface area (Å²) < 4.78 is 33.7. The average molecular weight is 627 g/mol. The number of benzene rings is 1. The number of hydrogen-bond acceptors (Lipinski definition) is 7. The molecule has 1 saturated heterocycles. The van der Waals surface area contributed by atoms with E-state index in [0.29, 0.717) is 35.4 Å². The number of piperazine rings is 1. The fourth-order valence-corrected chi connectivity index (χ4v) is 5.53. The number of halogens is 2. The number of rotatable bonds is 7. The van der Waals surface area contributed by atoms with Crippen molar-refractivity contribution in [1.82, 2.24) is 24.6 Å². The van der Waals surface area contributed by atoms with Crippen molar-refractivity contribution < 1.29 is 18.3 Å². The summed E-state index contributed by atoms with van der Waals surface area (Å²) in [5.41, 5.74) is 10.7. The normalized spacial score (nSPS) is 18.9. The first kappa shape index (κ1) is 31.6. The molecule has 2 aromatic heterocycles. The first-order chi connectivity index (χ1) is 20.7. The van der Waals surface area contributed by atoms with E-state index in [1.165, 1.54) is 0 Å². The molecule has 13 heteroatoms. The van der Waals surface area contributed by atoms with E-state index in [-0.39, 0.29) is 25.1 Å². The zero-order chi connectivity index (χ0) is 31.8. The lowest BCUT2D eigenvalue weighted by atomic mass is 10.0. The first-order valence-corrected chi connectivity index (χ1v) is 15.2. The minimum absolute atomic E-state index is 0.0873. The molecule has 3 aromatic rings. The van der Waals surface area contributed by atoms with Crippen molar-refractivity contribution in [3.05, 3.63) is 54.0 Å². The summed E-state index contributed by atoms with van der Waals surface area (Å²) in [5.74, 6) is -2.64. The number of nitrogen functional groups attached to an aromatic ring is 1. The molecular formula is C31H40F2N8O2S. The van der Waals surface area contributed by atoms with Crippen molar-refractivity contribution in [2.75, 3.05) is 42.5 Å². The number of nitrogens with zero attached hydrogens (tertiary/aromatic N) is 5. The number of alkyl halides is 2. The number of nitrogens with two attached hydrogens (primary N) is 1. The standard InChI is InChI=1S/C31H40F2N8O2S/c1-19-12-26(25(34)14-24(19)22-16-36-41(17-22)18-23-15-31(23,32)33)37-28(44)38-27-13-21(6-7-35-27)20(2)39-8-10-40(11-9-39)29(42)43-30(3,4)5/h6-7,12-14,16-17,20,23H,8-11,15,18,34H2,1-5H3,(H2,35,37,38,44). The third kappa shape index (κ3) is 7.62. The van der Waals surface area contributed by atoms with Gasteiger partial charge < -0.3 is 26.0 Å². The monoisotopic (exact) mass is 626 g/mol. The second-order valence-corrected chi connectivity index (χ2v) is 13.0. The lowest BCUT2D eigenvalue weighted by Gasteiger charge is -2.38. The number of amides is 1. The number of ether oxygens (including phenoxy) is 1. The maximum absolute atomic E-state index is 13.3. The number of carbonyl (C=O) groups is 1. The Bertz CT molecular complexity index is 1530. The average Bonchev–Trinajstić information content (AvgIpc) is 3.31. The van der Waals surface area contributed by atoms with Crippen molar-refractivity contribution in [2.24, 2.45) is 5.92 Å². The van der Waals surface area contributed by atoms with Gasteiger partial charge in [-0.3, -0.25) is 9.58 Å². The molecule has 1 aliphatic heterocycles. The highest BCUT2D eigenvalue weighted by molar-refractivity contribution is 7.80. The molecule has 1 amide bonds. The molecule has 0 radical (unpaired) electrons. The number of thiocarbonyl (C=S) groups is 1. The largest absolute Gasteiger partial charge is 0.444 e. The Hall–Kier alpha value is -3.84. The van der Waals surface area contributed by atoms with E-state index in [0.717, 1.165) is 35.3 Å². The number of anilines is 3. The Morgan fingerprint density at radius 2 is 1.91 bits per heavy atom. The number of aryl methyl sites for hydroxylation is 1. The molecule has 0 spiro atoms. The summed E-state index contributed by atoms with van der Waals surface area (Å²) >= 11 is 5.57. The molecule has 4 N–H and O–H groups in total. The Morgan fingerprint density at radius 3 is 2.57 bits per heavy atom. The summed E-state index contributed by atoms with van der Waals surface area (Å²) in [4.78, 5) is 20.9. The van der Waals surface area contributed by atoms with Crippen LogP contribution in [0.5, 0.6) is 0 Å². The summed E-state index contributed by atoms with van der Waals surface area (Å²) in [6.07, 6.45) is 4.82. The van der Waals surface area contributed by atoms with Gasteiger partial charge >= 0.3 is 6.09 Å². The lowest BCUT2D eigenvalue weighted by molar-refractivity contribution is 0.0110. The van der Waals surface area contributed by atoms with E-state index in [9.17, 15) is 13.6 Å². The van der Waals surface area contributed by atoms with Gasteiger partial charge in [0.15, 0.2) is 5.11 Å². The van der Waals surface area contributed by atoms with E-state index < -0.39 is 17.4 Å². The van der Waals surface area contributed by atoms with E-state index in [2.05, 4.69) is 32.5 Å². The number of carbonyl (C=O) groups excluding carboxylic acids is 1. The second-order valence-electron chi connectivity index (χ2n) is 12.6. The van der Waals surface area contributed by atoms with E-state index in [1.807, 2.05) is 52.0 Å². The van der Waals surface area contributed by atoms with E-state index >= 15 is 0 Å². The number of aromatic nitrogens is 3. The van der Waals surface area contributed by atoms with Crippen LogP contribution < -0.4 is 16.4 Å². The van der Waals surface area contributed by atoms with Gasteiger partial charge in [-0.05, 0) is 87.8 Å². The molecule has 2 atom stereocenters. The fraction of sp³-hybridized carbons (Fsp3) is 0.484. The molecular weight excluding hydrogens is 586 g/mol. The molecule has 1 saturated carbocycles. The first-order valence-electron chi connectivity index (χ1n) is 14.8. The topological polar surface area (TPSA) is 114 Å². The molecule has 1 aliphatic carbocycles. The fourth-order valence-electron chi connectivity index (χ4n) is 5.31. The van der Waals surface area contributed by atoms with Gasteiger partial charge in [-0.2, -0.15) is 5.10 Å². The van der Waals surface area contributed by atoms with E-state index in [1.54, 1.807) is 28.2 Å². The molecule has 44 heavy (non-hydrogen) atoms. The predicted octanol–water partition coefficient (Wildman–Crippen LogP) is 5.91. The second kappa shape index (κ2) is 12.3. The lowest BCUT2D eigenvalue weighted by Crippen LogP contribution is -2.50. The van der Waals surface area contributed by atoms with Gasteiger partial charge in [0, 0.05) is 69.1 Å². The van der Waals surface area contributed by atoms with Crippen LogP contribution in [-0.2, 0) is 11.3 Å². The molecule has 0 bridgehead atoms. The Morgan fingerprint density at radius 1 is 1.20 bits per heavy atom. The van der Waals surface area contributed by atoms with Crippen LogP contribution in [0.2, 0.25) is 0 Å². The minimum atomic E-state index is -2.58. The van der Waals surface area contributed by atoms with Crippen LogP contribution in [-0.4, -0.2) is 73.5 Å². The van der Waals surface area contributed by atoms with Crippen LogP contribution in [0.4, 0.5) is 30.8 Å². The summed E-state index contributed by atoms with van der Waals surface area (Å²) in [7, 11) is 0. The predicted molar refractivity (Wildman–Crippen MR) is 172 cm³/mol. The molecule has 2 aliphatic rings. The minimum Gasteiger partial charge on any atom is -0.444 e. The summed E-state index contributed by atoms with van der Waals surface area (Å²) in [6, 6.07) is 7.78. The zero-order valence-corrected chi connectivity index (χ0v) is 26.5. The molecule has 5 rings (SSSR count). The van der Waals surface area contributed by atoms with Crippen molar-refractivity contribution in [1.29, 1.82) is 0 Å². The van der Waals surface area contributed by atoms with Gasteiger partial charge in [0.25, 0.3) is 5.92 Å². The van der Waals surface area contributed by atoms with Crippen LogP contribution in [0.3, 0.4) is 0 Å². The van der Waals surface area contributed by atoms with Crippen molar-refractivity contribution in [2.45, 2.75) is 65.1 Å². The van der Waals surface area contributed by atoms with Gasteiger partial charge in [0.1, 0.15) is 11.4 Å². The highest BCUT2D eigenvalue weighted by atomic mass is 32.1. The smallest absolute Gasteiger partial charge is 0.410 e. The van der Waals surface area contributed by atoms with Gasteiger partial charge in [-0.25, -0.2) is 18.6 Å². The molecule has 236 valence electrons. The molecule has 2 unspecified atom stereocenters. The van der Waals surface area contributed by atoms with Gasteiger partial charge in [-0.15, -0.1) is 0 Å². The van der Waals surface area contributed by atoms with Gasteiger partial charge in [-0.1, -0.05) is 0 Å². The van der Waals surface area contributed by atoms with Crippen molar-refractivity contribution >= 4 is 40.6 Å². The Balaban J connectivity index is 1.17. The van der Waals surface area contributed by atoms with Crippen LogP contribution >= 0.6 is 12.2 Å². The van der Waals surface area contributed by atoms with Crippen LogP contribution in [0.1, 0.15) is 51.3 Å². The molecule has 10 nitrogen and oxygen atoms in total. The molecule has 1 aromatic carbocycles. The van der Waals surface area contributed by atoms with Gasteiger partial charge in [0.05, 0.1) is 17.6 Å². The maximum atomic E-state index is 13.3. The van der Waals surface area contributed by atoms with Crippen LogP contribution in [0.15, 0.2) is 42.9 Å². The quantitative estimate of drug-likeness (QED) is 0.218. The van der Waals surface area contributed by atoms with E-state index in [4.69, 9.17) is 22.7 Å². The molecule has 3 heterocycles. The summed E-state index contributed by atoms with van der Waals surface area (Å²) in [5, 5.41) is 10.9. The highest BCUT2D eigenvalue weighted by Gasteiger charge is 2.56. The van der Waals surface area contributed by atoms with Crippen molar-refractivity contribution in [3.63, 3.8) is 0 Å². The highest BCUT2D eigenvalue weighted by Crippen LogP contribution is 2.49. The number of hydrogen-bond donors (Lipinski definition) is 3. The third-order valence-corrected chi connectivity index (χ3v) is 8.18. The Kier molecular flexibility index (Phi) is 8.81. The third-order valence-electron chi connectivity index (χ3n) is 7.97. The Labute approximate surface area is 261 Å². The van der Waals surface area contributed by atoms with Crippen molar-refractivity contribution in [3.8, 4) is 11.1 Å². The maximum Gasteiger partial charge on any atom is 0.410 e. The number of pyridine rings is 1. The summed E-state index contributed by atoms with van der Waals surface area (Å²) in [6.45, 7) is 12.6. The van der Waals surface area contributed by atoms with Gasteiger partial charge in [0.2, 0.25) is 0 Å². The van der Waals surface area contributed by atoms with Crippen LogP contribution in [0.25, 0.3) is 11.1 Å². The SMILES string of the molecule is Cc1cc(NC(=S)Nc2cc(C(C)N3CCN(C(=O)OC(C)(C)C)CC3)ccn2)c(N)cc1-c1cnn(CC2CC2(F)F)c1. The zero-order valence-electron chi connectivity index (χ0n) is 25.7. The van der Waals surface area contributed by atoms with Crippen LogP contribution in [0, 0.1) is 12.8 Å². The molecule has 2 fully saturated rings. The number of nitrogens with one attached hydrogen (secondary N) is 2.